The van der Waals surface area contributed by atoms with Crippen molar-refractivity contribution in [2.75, 3.05) is 39.8 Å². The minimum Gasteiger partial charge on any atom is -0.339 e. The molecule has 1 aliphatic rings. The molecule has 5 nitrogen and oxygen atoms in total. The molecule has 0 radical (unpaired) electrons. The van der Waals surface area contributed by atoms with Crippen LogP contribution in [0.25, 0.3) is 0 Å². The molecule has 0 bridgehead atoms. The van der Waals surface area contributed by atoms with E-state index in [1.54, 1.807) is 11.8 Å². The van der Waals surface area contributed by atoms with E-state index in [9.17, 15) is 9.59 Å². The van der Waals surface area contributed by atoms with Crippen molar-refractivity contribution in [2.24, 2.45) is 5.92 Å². The third kappa shape index (κ3) is 4.52. The molecule has 1 fully saturated rings. The van der Waals surface area contributed by atoms with Gasteiger partial charge in [0.1, 0.15) is 0 Å². The molecule has 2 amide bonds. The van der Waals surface area contributed by atoms with Crippen LogP contribution in [0, 0.1) is 5.92 Å². The smallest absolute Gasteiger partial charge is 0.226 e. The van der Waals surface area contributed by atoms with Gasteiger partial charge in [0, 0.05) is 45.6 Å². The minimum absolute atomic E-state index is 0. The maximum Gasteiger partial charge on any atom is 0.226 e. The third-order valence-electron chi connectivity index (χ3n) is 2.97. The Morgan fingerprint density at radius 3 is 2.06 bits per heavy atom. The lowest BCUT2D eigenvalue weighted by Gasteiger charge is -2.35. The van der Waals surface area contributed by atoms with E-state index in [2.05, 4.69) is 5.32 Å². The van der Waals surface area contributed by atoms with Crippen molar-refractivity contribution < 1.29 is 9.59 Å². The van der Waals surface area contributed by atoms with Crippen LogP contribution in [-0.2, 0) is 9.59 Å². The molecule has 1 heterocycles. The SMILES string of the molecule is CNCC(C)C(=O)N1CCN(C(C)=O)CC1.Cl. The molecule has 0 spiro atoms. The fourth-order valence-electron chi connectivity index (χ4n) is 1.95. The highest BCUT2D eigenvalue weighted by Gasteiger charge is 2.25. The van der Waals surface area contributed by atoms with Crippen molar-refractivity contribution in [3.8, 4) is 0 Å². The van der Waals surface area contributed by atoms with E-state index in [0.717, 1.165) is 0 Å². The van der Waals surface area contributed by atoms with Gasteiger partial charge >= 0.3 is 0 Å². The molecule has 0 saturated carbocycles. The van der Waals surface area contributed by atoms with E-state index in [1.165, 1.54) is 0 Å². The van der Waals surface area contributed by atoms with E-state index in [-0.39, 0.29) is 30.1 Å². The number of carbonyl (C=O) groups is 2. The molecule has 1 rings (SSSR count). The number of hydrogen-bond acceptors (Lipinski definition) is 3. The van der Waals surface area contributed by atoms with Crippen molar-refractivity contribution in [3.63, 3.8) is 0 Å². The zero-order valence-electron chi connectivity index (χ0n) is 10.7. The maximum atomic E-state index is 11.9. The van der Waals surface area contributed by atoms with Gasteiger partial charge in [0.25, 0.3) is 0 Å². The number of piperazine rings is 1. The summed E-state index contributed by atoms with van der Waals surface area (Å²) in [5, 5.41) is 3.00. The molecule has 1 atom stereocenters. The van der Waals surface area contributed by atoms with Crippen LogP contribution in [0.1, 0.15) is 13.8 Å². The van der Waals surface area contributed by atoms with Crippen molar-refractivity contribution in [1.29, 1.82) is 0 Å². The third-order valence-corrected chi connectivity index (χ3v) is 2.97. The van der Waals surface area contributed by atoms with Crippen molar-refractivity contribution in [1.82, 2.24) is 15.1 Å². The van der Waals surface area contributed by atoms with Gasteiger partial charge < -0.3 is 15.1 Å². The fraction of sp³-hybridized carbons (Fsp3) is 0.818. The summed E-state index contributed by atoms with van der Waals surface area (Å²) < 4.78 is 0. The highest BCUT2D eigenvalue weighted by Crippen LogP contribution is 2.07. The average Bonchev–Trinajstić information content (AvgIpc) is 2.28. The van der Waals surface area contributed by atoms with E-state index in [0.29, 0.717) is 32.7 Å². The largest absolute Gasteiger partial charge is 0.339 e. The second kappa shape index (κ2) is 7.50. The van der Waals surface area contributed by atoms with Crippen LogP contribution < -0.4 is 5.32 Å². The van der Waals surface area contributed by atoms with Crippen LogP contribution in [0.2, 0.25) is 0 Å². The first-order valence-corrected chi connectivity index (χ1v) is 5.75. The summed E-state index contributed by atoms with van der Waals surface area (Å²) in [5.74, 6) is 0.279. The van der Waals surface area contributed by atoms with Crippen LogP contribution in [0.15, 0.2) is 0 Å². The van der Waals surface area contributed by atoms with Crippen molar-refractivity contribution in [3.05, 3.63) is 0 Å². The van der Waals surface area contributed by atoms with Crippen LogP contribution in [0.4, 0.5) is 0 Å². The van der Waals surface area contributed by atoms with E-state index >= 15 is 0 Å². The lowest BCUT2D eigenvalue weighted by Crippen LogP contribution is -2.51. The second-order valence-corrected chi connectivity index (χ2v) is 4.29. The Bertz CT molecular complexity index is 265. The molecule has 6 heteroatoms. The highest BCUT2D eigenvalue weighted by atomic mass is 35.5. The first-order chi connectivity index (χ1) is 7.56. The second-order valence-electron chi connectivity index (χ2n) is 4.29. The van der Waals surface area contributed by atoms with E-state index < -0.39 is 0 Å². The average molecular weight is 264 g/mol. The van der Waals surface area contributed by atoms with Crippen LogP contribution >= 0.6 is 12.4 Å². The van der Waals surface area contributed by atoms with Gasteiger partial charge in [0.15, 0.2) is 0 Å². The highest BCUT2D eigenvalue weighted by molar-refractivity contribution is 5.85. The Balaban J connectivity index is 0.00000256. The minimum atomic E-state index is 0. The molecule has 0 aromatic rings. The molecule has 0 aromatic carbocycles. The standard InChI is InChI=1S/C11H21N3O2.ClH/c1-9(8-12-3)11(16)14-6-4-13(5-7-14)10(2)15;/h9,12H,4-8H2,1-3H3;1H. The van der Waals surface area contributed by atoms with E-state index in [1.807, 2.05) is 18.9 Å². The number of halogens is 1. The Kier molecular flexibility index (Phi) is 7.15. The molecule has 100 valence electrons. The summed E-state index contributed by atoms with van der Waals surface area (Å²) in [6.07, 6.45) is 0. The zero-order valence-corrected chi connectivity index (χ0v) is 11.5. The Morgan fingerprint density at radius 1 is 1.18 bits per heavy atom. The summed E-state index contributed by atoms with van der Waals surface area (Å²) in [5.41, 5.74) is 0. The van der Waals surface area contributed by atoms with Gasteiger partial charge in [-0.3, -0.25) is 9.59 Å². The predicted molar refractivity (Wildman–Crippen MR) is 69.2 cm³/mol. The normalized spacial score (nSPS) is 17.4. The number of rotatable bonds is 3. The molecule has 1 N–H and O–H groups in total. The summed E-state index contributed by atoms with van der Waals surface area (Å²) in [6.45, 7) is 6.84. The summed E-state index contributed by atoms with van der Waals surface area (Å²) in [7, 11) is 1.84. The number of nitrogens with zero attached hydrogens (tertiary/aromatic N) is 2. The lowest BCUT2D eigenvalue weighted by atomic mass is 10.1. The van der Waals surface area contributed by atoms with Gasteiger partial charge in [-0.1, -0.05) is 6.92 Å². The number of hydrogen-bond donors (Lipinski definition) is 1. The van der Waals surface area contributed by atoms with Crippen LogP contribution in [-0.4, -0.2) is 61.4 Å². The summed E-state index contributed by atoms with van der Waals surface area (Å²) in [4.78, 5) is 26.7. The van der Waals surface area contributed by atoms with Gasteiger partial charge in [0.2, 0.25) is 11.8 Å². The first kappa shape index (κ1) is 16.2. The summed E-state index contributed by atoms with van der Waals surface area (Å²) in [6, 6.07) is 0. The van der Waals surface area contributed by atoms with Crippen molar-refractivity contribution in [2.45, 2.75) is 13.8 Å². The number of amides is 2. The van der Waals surface area contributed by atoms with Gasteiger partial charge in [-0.25, -0.2) is 0 Å². The molecular formula is C11H22ClN3O2. The maximum absolute atomic E-state index is 11.9. The molecule has 1 saturated heterocycles. The quantitative estimate of drug-likeness (QED) is 0.777. The Hall–Kier alpha value is -0.810. The number of carbonyl (C=O) groups excluding carboxylic acids is 2. The molecule has 17 heavy (non-hydrogen) atoms. The molecule has 0 aliphatic carbocycles. The summed E-state index contributed by atoms with van der Waals surface area (Å²) >= 11 is 0. The predicted octanol–water partition coefficient (Wildman–Crippen LogP) is -0.0456. The zero-order chi connectivity index (χ0) is 12.1. The monoisotopic (exact) mass is 263 g/mol. The molecular weight excluding hydrogens is 242 g/mol. The molecule has 1 unspecified atom stereocenters. The molecule has 1 aliphatic heterocycles. The fourth-order valence-corrected chi connectivity index (χ4v) is 1.95. The van der Waals surface area contributed by atoms with Gasteiger partial charge in [-0.15, -0.1) is 12.4 Å². The topological polar surface area (TPSA) is 52.7 Å². The lowest BCUT2D eigenvalue weighted by molar-refractivity contribution is -0.140. The van der Waals surface area contributed by atoms with Crippen LogP contribution in [0.3, 0.4) is 0 Å². The van der Waals surface area contributed by atoms with Gasteiger partial charge in [-0.2, -0.15) is 0 Å². The van der Waals surface area contributed by atoms with E-state index in [4.69, 9.17) is 0 Å². The first-order valence-electron chi connectivity index (χ1n) is 5.75. The molecule has 0 aromatic heterocycles. The Labute approximate surface area is 109 Å². The number of nitrogens with one attached hydrogen (secondary N) is 1. The van der Waals surface area contributed by atoms with Gasteiger partial charge in [-0.05, 0) is 7.05 Å². The van der Waals surface area contributed by atoms with Gasteiger partial charge in [0.05, 0.1) is 0 Å². The van der Waals surface area contributed by atoms with Crippen LogP contribution in [0.5, 0.6) is 0 Å². The Morgan fingerprint density at radius 2 is 1.65 bits per heavy atom. The van der Waals surface area contributed by atoms with Crippen molar-refractivity contribution >= 4 is 24.2 Å².